The third-order valence-electron chi connectivity index (χ3n) is 5.70. The highest BCUT2D eigenvalue weighted by Gasteiger charge is 2.99. The Morgan fingerprint density at radius 1 is 0.909 bits per heavy atom. The minimum atomic E-state index is 0.115. The van der Waals surface area contributed by atoms with Gasteiger partial charge in [-0.2, -0.15) is 0 Å². The Labute approximate surface area is 73.3 Å². The van der Waals surface area contributed by atoms with Crippen molar-refractivity contribution >= 4 is 15.9 Å². The van der Waals surface area contributed by atoms with Crippen molar-refractivity contribution in [3.63, 3.8) is 0 Å². The first kappa shape index (κ1) is 5.23. The molecule has 0 unspecified atom stereocenters. The number of hydrogen-bond acceptors (Lipinski definition) is 1. The second kappa shape index (κ2) is 1.00. The molecule has 11 heavy (non-hydrogen) atoms. The zero-order valence-electron chi connectivity index (χ0n) is 5.94. The Bertz CT molecular complexity index is 282. The van der Waals surface area contributed by atoms with E-state index in [-0.39, 0.29) is 6.10 Å². The average Bonchev–Trinajstić information content (AvgIpc) is 2.16. The van der Waals surface area contributed by atoms with Crippen molar-refractivity contribution < 1.29 is 5.11 Å². The van der Waals surface area contributed by atoms with Gasteiger partial charge in [0.1, 0.15) is 0 Å². The second-order valence-corrected chi connectivity index (χ2v) is 6.58. The maximum atomic E-state index is 9.84. The lowest BCUT2D eigenvalue weighted by Crippen LogP contribution is -2.90. The Kier molecular flexibility index (Phi) is 0.477. The molecule has 0 amide bonds. The lowest BCUT2D eigenvalue weighted by molar-refractivity contribution is -0.349. The maximum Gasteiger partial charge on any atom is 0.0608 e. The predicted octanol–water partition coefficient (Wildman–Crippen LogP) is 0.862. The van der Waals surface area contributed by atoms with Crippen LogP contribution in [-0.4, -0.2) is 15.5 Å². The highest BCUT2D eigenvalue weighted by molar-refractivity contribution is 9.10. The Morgan fingerprint density at radius 3 is 1.91 bits per heavy atom. The molecule has 0 aliphatic heterocycles. The van der Waals surface area contributed by atoms with E-state index in [0.717, 1.165) is 41.4 Å². The van der Waals surface area contributed by atoms with E-state index in [1.165, 1.54) is 0 Å². The molecule has 5 atom stereocenters. The number of rotatable bonds is 0. The normalized spacial score (nSPS) is 96.5. The highest BCUT2D eigenvalue weighted by atomic mass is 79.9. The molecule has 0 saturated heterocycles. The second-order valence-electron chi connectivity index (χ2n) is 5.20. The zero-order chi connectivity index (χ0) is 7.12. The van der Waals surface area contributed by atoms with Crippen molar-refractivity contribution in [1.29, 1.82) is 0 Å². The topological polar surface area (TPSA) is 20.2 Å². The van der Waals surface area contributed by atoms with Crippen LogP contribution in [0.25, 0.3) is 0 Å². The fourth-order valence-corrected chi connectivity index (χ4v) is 7.56. The Morgan fingerprint density at radius 2 is 1.45 bits per heavy atom. The Balaban J connectivity index is 1.84. The molecular formula is C9H9BrO. The van der Waals surface area contributed by atoms with Crippen LogP contribution in [0.2, 0.25) is 0 Å². The molecule has 0 spiro atoms. The molecular weight excluding hydrogens is 204 g/mol. The van der Waals surface area contributed by atoms with Gasteiger partial charge in [0, 0.05) is 4.32 Å². The SMILES string of the molecule is O[C@@H]1C2[C@@H]3C4[C@@H]2[C@H]2C1[C@H]3C42Br. The van der Waals surface area contributed by atoms with Crippen LogP contribution in [-0.2, 0) is 0 Å². The molecule has 0 radical (unpaired) electrons. The van der Waals surface area contributed by atoms with Crippen LogP contribution < -0.4 is 0 Å². The summed E-state index contributed by atoms with van der Waals surface area (Å²) in [5.41, 5.74) is 0. The summed E-state index contributed by atoms with van der Waals surface area (Å²) in [4.78, 5) is 0. The first-order valence-electron chi connectivity index (χ1n) is 4.65. The van der Waals surface area contributed by atoms with E-state index in [9.17, 15) is 5.11 Å². The Hall–Kier alpha value is 0.440. The minimum Gasteiger partial charge on any atom is -0.393 e. The first-order chi connectivity index (χ1) is 5.28. The molecule has 6 aliphatic rings. The standard InChI is InChI=1S/C9H9BrO/c10-9-5-2-1-3(5)7(9)4(6(2)9)8(1)11/h1-8,11H/t1?,2-,3-,4?,5?,6+,7+,8-,9?/m1/s1. The largest absolute Gasteiger partial charge is 0.393 e. The third-order valence-corrected chi connectivity index (χ3v) is 7.28. The van der Waals surface area contributed by atoms with Gasteiger partial charge >= 0.3 is 0 Å². The van der Waals surface area contributed by atoms with Crippen molar-refractivity contribution in [2.24, 2.45) is 41.4 Å². The van der Waals surface area contributed by atoms with Crippen LogP contribution >= 0.6 is 15.9 Å². The molecule has 2 bridgehead atoms. The maximum absolute atomic E-state index is 9.84. The molecule has 6 saturated carbocycles. The van der Waals surface area contributed by atoms with E-state index in [2.05, 4.69) is 15.9 Å². The fourth-order valence-electron chi connectivity index (χ4n) is 5.73. The summed E-state index contributed by atoms with van der Waals surface area (Å²) in [6.45, 7) is 0. The lowest BCUT2D eigenvalue weighted by Gasteiger charge is -2.88. The number of aliphatic hydroxyl groups excluding tert-OH is 1. The summed E-state index contributed by atoms with van der Waals surface area (Å²) < 4.78 is 0.584. The van der Waals surface area contributed by atoms with Gasteiger partial charge < -0.3 is 5.11 Å². The third kappa shape index (κ3) is 0.218. The van der Waals surface area contributed by atoms with E-state index in [1.54, 1.807) is 0 Å². The molecule has 1 nitrogen and oxygen atoms in total. The van der Waals surface area contributed by atoms with Gasteiger partial charge in [-0.3, -0.25) is 0 Å². The van der Waals surface area contributed by atoms with Gasteiger partial charge in [0.2, 0.25) is 0 Å². The fraction of sp³-hybridized carbons (Fsp3) is 1.00. The van der Waals surface area contributed by atoms with E-state index in [4.69, 9.17) is 0 Å². The molecule has 6 rings (SSSR count). The van der Waals surface area contributed by atoms with Crippen LogP contribution in [0.4, 0.5) is 0 Å². The number of aliphatic hydroxyl groups is 1. The highest BCUT2D eigenvalue weighted by Crippen LogP contribution is 2.98. The summed E-state index contributed by atoms with van der Waals surface area (Å²) in [6.07, 6.45) is 0.115. The lowest BCUT2D eigenvalue weighted by atomic mass is 9.20. The van der Waals surface area contributed by atoms with Crippen molar-refractivity contribution in [1.82, 2.24) is 0 Å². The molecule has 0 aromatic rings. The molecule has 0 aromatic carbocycles. The summed E-state index contributed by atoms with van der Waals surface area (Å²) in [5.74, 6) is 6.24. The summed E-state index contributed by atoms with van der Waals surface area (Å²) in [7, 11) is 0. The molecule has 0 aromatic heterocycles. The van der Waals surface area contributed by atoms with E-state index >= 15 is 0 Å². The van der Waals surface area contributed by atoms with Crippen molar-refractivity contribution in [2.75, 3.05) is 0 Å². The van der Waals surface area contributed by atoms with Crippen LogP contribution in [0.1, 0.15) is 0 Å². The van der Waals surface area contributed by atoms with Gasteiger partial charge in [-0.1, -0.05) is 15.9 Å². The minimum absolute atomic E-state index is 0.115. The summed E-state index contributed by atoms with van der Waals surface area (Å²) in [6, 6.07) is 0. The van der Waals surface area contributed by atoms with Gasteiger partial charge in [-0.05, 0) is 41.4 Å². The predicted molar refractivity (Wildman–Crippen MR) is 42.1 cm³/mol. The van der Waals surface area contributed by atoms with Crippen LogP contribution in [0, 0.1) is 41.4 Å². The van der Waals surface area contributed by atoms with E-state index in [1.807, 2.05) is 0 Å². The summed E-state index contributed by atoms with van der Waals surface area (Å²) >= 11 is 3.89. The number of hydrogen-bond donors (Lipinski definition) is 1. The smallest absolute Gasteiger partial charge is 0.0608 e. The van der Waals surface area contributed by atoms with Crippen LogP contribution in [0.15, 0.2) is 0 Å². The zero-order valence-corrected chi connectivity index (χ0v) is 7.53. The van der Waals surface area contributed by atoms with Crippen molar-refractivity contribution in [3.05, 3.63) is 0 Å². The first-order valence-corrected chi connectivity index (χ1v) is 5.44. The number of alkyl halides is 1. The average molecular weight is 213 g/mol. The molecule has 6 fully saturated rings. The molecule has 1 N–H and O–H groups in total. The molecule has 58 valence electrons. The van der Waals surface area contributed by atoms with E-state index < -0.39 is 0 Å². The van der Waals surface area contributed by atoms with Gasteiger partial charge in [0.05, 0.1) is 6.10 Å². The van der Waals surface area contributed by atoms with Crippen molar-refractivity contribution in [2.45, 2.75) is 10.4 Å². The van der Waals surface area contributed by atoms with Gasteiger partial charge in [-0.15, -0.1) is 0 Å². The summed E-state index contributed by atoms with van der Waals surface area (Å²) in [5, 5.41) is 9.84. The number of halogens is 1. The molecule has 0 heterocycles. The molecule has 6 aliphatic carbocycles. The quantitative estimate of drug-likeness (QED) is 0.592. The molecule has 2 heteroatoms. The van der Waals surface area contributed by atoms with Crippen LogP contribution in [0.5, 0.6) is 0 Å². The van der Waals surface area contributed by atoms with Crippen LogP contribution in [0.3, 0.4) is 0 Å². The van der Waals surface area contributed by atoms with Crippen molar-refractivity contribution in [3.8, 4) is 0 Å². The van der Waals surface area contributed by atoms with Gasteiger partial charge in [0.25, 0.3) is 0 Å². The van der Waals surface area contributed by atoms with Gasteiger partial charge in [-0.25, -0.2) is 0 Å². The van der Waals surface area contributed by atoms with E-state index in [0.29, 0.717) is 4.32 Å². The van der Waals surface area contributed by atoms with Gasteiger partial charge in [0.15, 0.2) is 0 Å². The monoisotopic (exact) mass is 212 g/mol.